The molecule has 106 valence electrons. The molecule has 0 aliphatic rings. The molecule has 0 unspecified atom stereocenters. The third-order valence-electron chi connectivity index (χ3n) is 3.18. The summed E-state index contributed by atoms with van der Waals surface area (Å²) in [6, 6.07) is 4.04. The monoisotopic (exact) mass is 270 g/mol. The van der Waals surface area contributed by atoms with Crippen molar-refractivity contribution in [2.24, 2.45) is 0 Å². The third-order valence-corrected chi connectivity index (χ3v) is 3.18. The molecule has 0 radical (unpaired) electrons. The Morgan fingerprint density at radius 2 is 2.10 bits per heavy atom. The number of hydrogen-bond donors (Lipinski definition) is 1. The van der Waals surface area contributed by atoms with Gasteiger partial charge >= 0.3 is 0 Å². The maximum absolute atomic E-state index is 4.49. The standard InChI is InChI=1S/C16H22N4/c1-4-7-18-16-15(12(2)3)14(19-11-20-16)9-13-6-5-8-17-10-13/h5-6,8,10-12H,4,7,9H2,1-3H3,(H,18,19,20). The van der Waals surface area contributed by atoms with Crippen LogP contribution in [0.5, 0.6) is 0 Å². The van der Waals surface area contributed by atoms with Gasteiger partial charge in [0, 0.05) is 30.9 Å². The van der Waals surface area contributed by atoms with Crippen LogP contribution in [0.2, 0.25) is 0 Å². The molecular formula is C16H22N4. The zero-order valence-electron chi connectivity index (χ0n) is 12.4. The van der Waals surface area contributed by atoms with Crippen LogP contribution in [0.3, 0.4) is 0 Å². The van der Waals surface area contributed by atoms with Crippen LogP contribution in [0.1, 0.15) is 49.9 Å². The molecule has 0 spiro atoms. The van der Waals surface area contributed by atoms with Crippen molar-refractivity contribution in [3.8, 4) is 0 Å². The molecule has 0 amide bonds. The lowest BCUT2D eigenvalue weighted by Gasteiger charge is -2.16. The van der Waals surface area contributed by atoms with Crippen LogP contribution in [0, 0.1) is 0 Å². The summed E-state index contributed by atoms with van der Waals surface area (Å²) in [4.78, 5) is 13.1. The Morgan fingerprint density at radius 3 is 2.75 bits per heavy atom. The molecule has 0 saturated carbocycles. The summed E-state index contributed by atoms with van der Waals surface area (Å²) >= 11 is 0. The summed E-state index contributed by atoms with van der Waals surface area (Å²) in [5, 5.41) is 3.40. The Balaban J connectivity index is 2.32. The minimum absolute atomic E-state index is 0.391. The number of hydrogen-bond acceptors (Lipinski definition) is 4. The first-order valence-electron chi connectivity index (χ1n) is 7.19. The van der Waals surface area contributed by atoms with Crippen molar-refractivity contribution in [2.45, 2.75) is 39.5 Å². The van der Waals surface area contributed by atoms with E-state index in [1.807, 2.05) is 12.3 Å². The van der Waals surface area contributed by atoms with Gasteiger partial charge in [-0.2, -0.15) is 0 Å². The predicted molar refractivity (Wildman–Crippen MR) is 81.9 cm³/mol. The lowest BCUT2D eigenvalue weighted by Crippen LogP contribution is -2.11. The zero-order chi connectivity index (χ0) is 14.4. The maximum Gasteiger partial charge on any atom is 0.133 e. The van der Waals surface area contributed by atoms with E-state index in [4.69, 9.17) is 0 Å². The molecule has 0 aliphatic carbocycles. The van der Waals surface area contributed by atoms with Gasteiger partial charge in [-0.15, -0.1) is 0 Å². The highest BCUT2D eigenvalue weighted by Crippen LogP contribution is 2.26. The lowest BCUT2D eigenvalue weighted by atomic mass is 9.98. The first kappa shape index (κ1) is 14.4. The normalized spacial score (nSPS) is 10.8. The van der Waals surface area contributed by atoms with Crippen molar-refractivity contribution in [1.82, 2.24) is 15.0 Å². The van der Waals surface area contributed by atoms with Gasteiger partial charge in [-0.25, -0.2) is 9.97 Å². The molecule has 0 aliphatic heterocycles. The summed E-state index contributed by atoms with van der Waals surface area (Å²) in [7, 11) is 0. The Labute approximate surface area is 120 Å². The molecule has 0 fully saturated rings. The fraction of sp³-hybridized carbons (Fsp3) is 0.438. The van der Waals surface area contributed by atoms with Crippen molar-refractivity contribution in [2.75, 3.05) is 11.9 Å². The summed E-state index contributed by atoms with van der Waals surface area (Å²) < 4.78 is 0. The molecule has 0 atom stereocenters. The van der Waals surface area contributed by atoms with E-state index in [2.05, 4.69) is 47.1 Å². The average molecular weight is 270 g/mol. The largest absolute Gasteiger partial charge is 0.370 e. The summed E-state index contributed by atoms with van der Waals surface area (Å²) in [6.07, 6.45) is 7.21. The highest BCUT2D eigenvalue weighted by atomic mass is 15.0. The van der Waals surface area contributed by atoms with Crippen molar-refractivity contribution < 1.29 is 0 Å². The second kappa shape index (κ2) is 6.98. The third kappa shape index (κ3) is 3.53. The lowest BCUT2D eigenvalue weighted by molar-refractivity contribution is 0.812. The number of nitrogens with zero attached hydrogens (tertiary/aromatic N) is 3. The van der Waals surface area contributed by atoms with Crippen LogP contribution in [0.4, 0.5) is 5.82 Å². The summed E-state index contributed by atoms with van der Waals surface area (Å²) in [6.45, 7) is 7.45. The van der Waals surface area contributed by atoms with Crippen LogP contribution >= 0.6 is 0 Å². The fourth-order valence-corrected chi connectivity index (χ4v) is 2.26. The molecule has 2 rings (SSSR count). The number of rotatable bonds is 6. The fourth-order valence-electron chi connectivity index (χ4n) is 2.26. The molecule has 2 heterocycles. The molecule has 4 nitrogen and oxygen atoms in total. The molecular weight excluding hydrogens is 248 g/mol. The van der Waals surface area contributed by atoms with Crippen LogP contribution in [-0.2, 0) is 6.42 Å². The second-order valence-corrected chi connectivity index (χ2v) is 5.20. The predicted octanol–water partition coefficient (Wildman–Crippen LogP) is 3.41. The van der Waals surface area contributed by atoms with Gasteiger partial charge in [-0.1, -0.05) is 26.8 Å². The van der Waals surface area contributed by atoms with E-state index in [1.54, 1.807) is 12.5 Å². The highest BCUT2D eigenvalue weighted by Gasteiger charge is 2.14. The topological polar surface area (TPSA) is 50.7 Å². The van der Waals surface area contributed by atoms with Crippen LogP contribution < -0.4 is 5.32 Å². The molecule has 0 bridgehead atoms. The van der Waals surface area contributed by atoms with E-state index in [9.17, 15) is 0 Å². The second-order valence-electron chi connectivity index (χ2n) is 5.20. The molecule has 4 heteroatoms. The van der Waals surface area contributed by atoms with Gasteiger partial charge in [0.15, 0.2) is 0 Å². The van der Waals surface area contributed by atoms with E-state index in [0.717, 1.165) is 30.9 Å². The Bertz CT molecular complexity index is 537. The van der Waals surface area contributed by atoms with E-state index in [1.165, 1.54) is 11.1 Å². The number of nitrogens with one attached hydrogen (secondary N) is 1. The molecule has 0 aromatic carbocycles. The van der Waals surface area contributed by atoms with E-state index >= 15 is 0 Å². The summed E-state index contributed by atoms with van der Waals surface area (Å²) in [5.41, 5.74) is 3.47. The molecule has 0 saturated heterocycles. The number of anilines is 1. The van der Waals surface area contributed by atoms with Crippen molar-refractivity contribution in [3.63, 3.8) is 0 Å². The van der Waals surface area contributed by atoms with Crippen LogP contribution in [0.15, 0.2) is 30.9 Å². The minimum Gasteiger partial charge on any atom is -0.370 e. The molecule has 2 aromatic rings. The van der Waals surface area contributed by atoms with Crippen molar-refractivity contribution in [3.05, 3.63) is 47.7 Å². The smallest absolute Gasteiger partial charge is 0.133 e. The van der Waals surface area contributed by atoms with Crippen LogP contribution in [0.25, 0.3) is 0 Å². The Morgan fingerprint density at radius 1 is 1.25 bits per heavy atom. The van der Waals surface area contributed by atoms with E-state index < -0.39 is 0 Å². The Hall–Kier alpha value is -1.97. The summed E-state index contributed by atoms with van der Waals surface area (Å²) in [5.74, 6) is 1.36. The van der Waals surface area contributed by atoms with Gasteiger partial charge in [-0.3, -0.25) is 4.98 Å². The minimum atomic E-state index is 0.391. The SMILES string of the molecule is CCCNc1ncnc(Cc2cccnc2)c1C(C)C. The first-order chi connectivity index (χ1) is 9.72. The van der Waals surface area contributed by atoms with Gasteiger partial charge in [0.05, 0.1) is 5.69 Å². The van der Waals surface area contributed by atoms with Gasteiger partial charge in [-0.05, 0) is 24.0 Å². The van der Waals surface area contributed by atoms with Gasteiger partial charge < -0.3 is 5.32 Å². The van der Waals surface area contributed by atoms with Crippen LogP contribution in [-0.4, -0.2) is 21.5 Å². The molecule has 2 aromatic heterocycles. The zero-order valence-corrected chi connectivity index (χ0v) is 12.4. The first-order valence-corrected chi connectivity index (χ1v) is 7.19. The quantitative estimate of drug-likeness (QED) is 0.874. The van der Waals surface area contributed by atoms with E-state index in [0.29, 0.717) is 5.92 Å². The average Bonchev–Trinajstić information content (AvgIpc) is 2.46. The maximum atomic E-state index is 4.49. The highest BCUT2D eigenvalue weighted by molar-refractivity contribution is 5.48. The van der Waals surface area contributed by atoms with Crippen molar-refractivity contribution >= 4 is 5.82 Å². The van der Waals surface area contributed by atoms with E-state index in [-0.39, 0.29) is 0 Å². The number of aromatic nitrogens is 3. The van der Waals surface area contributed by atoms with Gasteiger partial charge in [0.25, 0.3) is 0 Å². The Kier molecular flexibility index (Phi) is 5.04. The molecule has 20 heavy (non-hydrogen) atoms. The molecule has 1 N–H and O–H groups in total. The van der Waals surface area contributed by atoms with Gasteiger partial charge in [0.2, 0.25) is 0 Å². The van der Waals surface area contributed by atoms with Gasteiger partial charge in [0.1, 0.15) is 12.1 Å². The van der Waals surface area contributed by atoms with Crippen molar-refractivity contribution in [1.29, 1.82) is 0 Å². The number of pyridine rings is 1.